The molecule has 0 saturated heterocycles. The molecule has 0 fully saturated rings. The Morgan fingerprint density at radius 2 is 1.94 bits per heavy atom. The van der Waals surface area contributed by atoms with E-state index < -0.39 is 0 Å². The van der Waals surface area contributed by atoms with Crippen molar-refractivity contribution in [3.63, 3.8) is 0 Å². The van der Waals surface area contributed by atoms with Crippen molar-refractivity contribution in [3.05, 3.63) is 0 Å². The van der Waals surface area contributed by atoms with Crippen LogP contribution in [-0.4, -0.2) is 44.0 Å². The molecule has 96 valence electrons. The lowest BCUT2D eigenvalue weighted by molar-refractivity contribution is 0.116. The third-order valence-electron chi connectivity index (χ3n) is 2.31. The topological polar surface area (TPSA) is 70.6 Å². The van der Waals surface area contributed by atoms with Gasteiger partial charge < -0.3 is 20.5 Å². The molecule has 0 heterocycles. The third-order valence-corrected chi connectivity index (χ3v) is 2.31. The summed E-state index contributed by atoms with van der Waals surface area (Å²) in [5.41, 5.74) is 0. The predicted octanol–water partition coefficient (Wildman–Crippen LogP) is 0.729. The lowest BCUT2D eigenvalue weighted by Crippen LogP contribution is -2.38. The molecule has 5 heteroatoms. The van der Waals surface area contributed by atoms with Gasteiger partial charge >= 0.3 is 6.03 Å². The molecule has 0 aromatic rings. The van der Waals surface area contributed by atoms with Crippen LogP contribution < -0.4 is 10.6 Å². The van der Waals surface area contributed by atoms with E-state index in [9.17, 15) is 9.90 Å². The summed E-state index contributed by atoms with van der Waals surface area (Å²) in [7, 11) is 1.63. The summed E-state index contributed by atoms with van der Waals surface area (Å²) in [6.45, 7) is 5.65. The van der Waals surface area contributed by atoms with E-state index in [2.05, 4.69) is 10.6 Å². The van der Waals surface area contributed by atoms with Gasteiger partial charge in [-0.15, -0.1) is 0 Å². The largest absolute Gasteiger partial charge is 0.393 e. The maximum absolute atomic E-state index is 11.2. The fourth-order valence-corrected chi connectivity index (χ4v) is 1.15. The number of ether oxygens (including phenoxy) is 1. The van der Waals surface area contributed by atoms with Crippen molar-refractivity contribution >= 4 is 6.03 Å². The van der Waals surface area contributed by atoms with Gasteiger partial charge in [-0.2, -0.15) is 0 Å². The number of aliphatic hydroxyl groups is 1. The van der Waals surface area contributed by atoms with Gasteiger partial charge in [-0.25, -0.2) is 4.79 Å². The van der Waals surface area contributed by atoms with Crippen LogP contribution in [0, 0.1) is 5.92 Å². The number of carbonyl (C=O) groups excluding carboxylic acids is 1. The quantitative estimate of drug-likeness (QED) is 0.540. The highest BCUT2D eigenvalue weighted by Crippen LogP contribution is 2.03. The smallest absolute Gasteiger partial charge is 0.314 e. The zero-order valence-electron chi connectivity index (χ0n) is 10.5. The Balaban J connectivity index is 3.37. The van der Waals surface area contributed by atoms with Crippen LogP contribution in [0.3, 0.4) is 0 Å². The molecular formula is C11H24N2O3. The van der Waals surface area contributed by atoms with E-state index in [0.717, 1.165) is 6.42 Å². The Bertz CT molecular complexity index is 186. The fraction of sp³-hybridized carbons (Fsp3) is 0.909. The Morgan fingerprint density at radius 1 is 1.31 bits per heavy atom. The molecule has 16 heavy (non-hydrogen) atoms. The Hall–Kier alpha value is -0.810. The lowest BCUT2D eigenvalue weighted by atomic mass is 10.0. The number of carbonyl (C=O) groups is 1. The van der Waals surface area contributed by atoms with E-state index in [0.29, 0.717) is 26.1 Å². The van der Waals surface area contributed by atoms with Gasteiger partial charge in [0.1, 0.15) is 0 Å². The van der Waals surface area contributed by atoms with Gasteiger partial charge in [0.15, 0.2) is 0 Å². The highest BCUT2D eigenvalue weighted by Gasteiger charge is 2.08. The maximum Gasteiger partial charge on any atom is 0.314 e. The summed E-state index contributed by atoms with van der Waals surface area (Å²) >= 11 is 0. The molecule has 0 radical (unpaired) electrons. The second-order valence-corrected chi connectivity index (χ2v) is 4.13. The summed E-state index contributed by atoms with van der Waals surface area (Å²) in [6.07, 6.45) is 1.04. The minimum atomic E-state index is -0.353. The van der Waals surface area contributed by atoms with Crippen molar-refractivity contribution in [2.75, 3.05) is 26.8 Å². The molecule has 3 N–H and O–H groups in total. The SMILES string of the molecule is COCCCNC(=O)NCCC(O)C(C)C. The van der Waals surface area contributed by atoms with Gasteiger partial charge in [-0.3, -0.25) is 0 Å². The summed E-state index contributed by atoms with van der Waals surface area (Å²) in [4.78, 5) is 11.2. The average molecular weight is 232 g/mol. The second kappa shape index (κ2) is 9.42. The molecule has 0 aliphatic rings. The van der Waals surface area contributed by atoms with E-state index in [1.54, 1.807) is 7.11 Å². The van der Waals surface area contributed by atoms with Crippen LogP contribution in [0.5, 0.6) is 0 Å². The first-order chi connectivity index (χ1) is 7.57. The van der Waals surface area contributed by atoms with Crippen LogP contribution in [0.1, 0.15) is 26.7 Å². The number of rotatable bonds is 8. The van der Waals surface area contributed by atoms with E-state index in [1.165, 1.54) is 0 Å². The average Bonchev–Trinajstić information content (AvgIpc) is 2.24. The molecule has 0 aliphatic carbocycles. The van der Waals surface area contributed by atoms with E-state index in [-0.39, 0.29) is 18.1 Å². The van der Waals surface area contributed by atoms with Crippen molar-refractivity contribution in [1.82, 2.24) is 10.6 Å². The molecule has 0 bridgehead atoms. The molecule has 0 aliphatic heterocycles. The van der Waals surface area contributed by atoms with E-state index in [4.69, 9.17) is 4.74 Å². The molecule has 0 spiro atoms. The summed E-state index contributed by atoms with van der Waals surface area (Å²) < 4.78 is 4.86. The van der Waals surface area contributed by atoms with Gasteiger partial charge in [0, 0.05) is 26.8 Å². The molecular weight excluding hydrogens is 208 g/mol. The van der Waals surface area contributed by atoms with Gasteiger partial charge in [0.05, 0.1) is 6.10 Å². The summed E-state index contributed by atoms with van der Waals surface area (Å²) in [5.74, 6) is 0.228. The van der Waals surface area contributed by atoms with Gasteiger partial charge in [0.2, 0.25) is 0 Å². The maximum atomic E-state index is 11.2. The molecule has 0 rings (SSSR count). The highest BCUT2D eigenvalue weighted by molar-refractivity contribution is 5.73. The van der Waals surface area contributed by atoms with Crippen LogP contribution in [0.2, 0.25) is 0 Å². The first-order valence-electron chi connectivity index (χ1n) is 5.76. The third kappa shape index (κ3) is 8.49. The van der Waals surface area contributed by atoms with Gasteiger partial charge in [-0.05, 0) is 18.8 Å². The summed E-state index contributed by atoms with van der Waals surface area (Å²) in [5, 5.41) is 14.9. The molecule has 0 aromatic carbocycles. The predicted molar refractivity (Wildman–Crippen MR) is 63.4 cm³/mol. The number of hydrogen-bond donors (Lipinski definition) is 3. The number of nitrogens with one attached hydrogen (secondary N) is 2. The normalized spacial score (nSPS) is 12.6. The van der Waals surface area contributed by atoms with Crippen molar-refractivity contribution in [1.29, 1.82) is 0 Å². The first kappa shape index (κ1) is 15.2. The van der Waals surface area contributed by atoms with Crippen LogP contribution in [0.15, 0.2) is 0 Å². The molecule has 1 unspecified atom stereocenters. The monoisotopic (exact) mass is 232 g/mol. The second-order valence-electron chi connectivity index (χ2n) is 4.13. The minimum Gasteiger partial charge on any atom is -0.393 e. The van der Waals surface area contributed by atoms with Crippen molar-refractivity contribution in [2.24, 2.45) is 5.92 Å². The Morgan fingerprint density at radius 3 is 2.50 bits per heavy atom. The number of amides is 2. The number of urea groups is 1. The molecule has 5 nitrogen and oxygen atoms in total. The zero-order chi connectivity index (χ0) is 12.4. The first-order valence-corrected chi connectivity index (χ1v) is 5.76. The number of hydrogen-bond acceptors (Lipinski definition) is 3. The van der Waals surface area contributed by atoms with Crippen molar-refractivity contribution < 1.29 is 14.6 Å². The van der Waals surface area contributed by atoms with Gasteiger partial charge in [0.25, 0.3) is 0 Å². The number of methoxy groups -OCH3 is 1. The Kier molecular flexibility index (Phi) is 8.94. The van der Waals surface area contributed by atoms with Gasteiger partial charge in [-0.1, -0.05) is 13.8 Å². The van der Waals surface area contributed by atoms with Crippen LogP contribution in [-0.2, 0) is 4.74 Å². The number of aliphatic hydroxyl groups excluding tert-OH is 1. The summed E-state index contributed by atoms with van der Waals surface area (Å²) in [6, 6.07) is -0.188. The highest BCUT2D eigenvalue weighted by atomic mass is 16.5. The van der Waals surface area contributed by atoms with Crippen LogP contribution >= 0.6 is 0 Å². The molecule has 1 atom stereocenters. The van der Waals surface area contributed by atoms with Crippen molar-refractivity contribution in [2.45, 2.75) is 32.8 Å². The fourth-order valence-electron chi connectivity index (χ4n) is 1.15. The van der Waals surface area contributed by atoms with E-state index in [1.807, 2.05) is 13.8 Å². The van der Waals surface area contributed by atoms with Crippen molar-refractivity contribution in [3.8, 4) is 0 Å². The van der Waals surface area contributed by atoms with Crippen LogP contribution in [0.4, 0.5) is 4.79 Å². The Labute approximate surface area is 97.6 Å². The standard InChI is InChI=1S/C11H24N2O3/c1-9(2)10(14)5-7-13-11(15)12-6-4-8-16-3/h9-10,14H,4-8H2,1-3H3,(H2,12,13,15). The van der Waals surface area contributed by atoms with E-state index >= 15 is 0 Å². The molecule has 0 saturated carbocycles. The van der Waals surface area contributed by atoms with Crippen LogP contribution in [0.25, 0.3) is 0 Å². The minimum absolute atomic E-state index is 0.188. The zero-order valence-corrected chi connectivity index (χ0v) is 10.5. The molecule has 0 aromatic heterocycles. The molecule has 2 amide bonds. The lowest BCUT2D eigenvalue weighted by Gasteiger charge is -2.14.